The Hall–Kier alpha value is -2.38. The van der Waals surface area contributed by atoms with Crippen molar-refractivity contribution in [3.63, 3.8) is 0 Å². The van der Waals surface area contributed by atoms with Gasteiger partial charge in [-0.05, 0) is 35.2 Å². The zero-order valence-corrected chi connectivity index (χ0v) is 11.0. The van der Waals surface area contributed by atoms with Crippen LogP contribution in [0.1, 0.15) is 10.4 Å². The highest BCUT2D eigenvalue weighted by molar-refractivity contribution is 7.10. The first-order valence-electron chi connectivity index (χ1n) is 5.76. The number of anilines is 1. The average Bonchev–Trinajstić information content (AvgIpc) is 2.92. The largest absolute Gasteiger partial charge is 0.323 e. The van der Waals surface area contributed by atoms with Gasteiger partial charge in [0.05, 0.1) is 12.5 Å². The van der Waals surface area contributed by atoms with Crippen LogP contribution in [0.15, 0.2) is 47.9 Å². The molecule has 1 aromatic heterocycles. The van der Waals surface area contributed by atoms with E-state index in [0.717, 1.165) is 16.1 Å². The molecule has 1 heterocycles. The van der Waals surface area contributed by atoms with E-state index in [1.165, 1.54) is 6.08 Å². The van der Waals surface area contributed by atoms with E-state index in [1.54, 1.807) is 29.5 Å². The summed E-state index contributed by atoms with van der Waals surface area (Å²) in [7, 11) is 0. The zero-order chi connectivity index (χ0) is 13.5. The Balaban J connectivity index is 1.93. The highest BCUT2D eigenvalue weighted by Crippen LogP contribution is 2.12. The number of amides is 1. The van der Waals surface area contributed by atoms with Crippen molar-refractivity contribution >= 4 is 29.0 Å². The molecular weight excluding hydrogens is 256 g/mol. The fraction of sp³-hybridized carbons (Fsp3) is 0.0667. The number of carbonyl (C=O) groups is 1. The summed E-state index contributed by atoms with van der Waals surface area (Å²) in [5.74, 6) is -0.165. The number of nitrogens with one attached hydrogen (secondary N) is 1. The molecule has 4 heteroatoms. The Kier molecular flexibility index (Phi) is 4.49. The summed E-state index contributed by atoms with van der Waals surface area (Å²) in [6.45, 7) is 0. The van der Waals surface area contributed by atoms with Crippen LogP contribution in [0.4, 0.5) is 5.69 Å². The second-order valence-electron chi connectivity index (χ2n) is 3.87. The second-order valence-corrected chi connectivity index (χ2v) is 4.85. The predicted octanol–water partition coefficient (Wildman–Crippen LogP) is 3.47. The molecule has 0 spiro atoms. The zero-order valence-electron chi connectivity index (χ0n) is 10.2. The van der Waals surface area contributed by atoms with Crippen molar-refractivity contribution in [2.45, 2.75) is 6.42 Å². The summed E-state index contributed by atoms with van der Waals surface area (Å²) >= 11 is 1.58. The molecule has 94 valence electrons. The summed E-state index contributed by atoms with van der Waals surface area (Å²) in [5, 5.41) is 13.3. The third-order valence-corrected chi connectivity index (χ3v) is 3.28. The minimum atomic E-state index is -0.165. The molecule has 1 aromatic carbocycles. The molecular formula is C15H12N2OS. The summed E-state index contributed by atoms with van der Waals surface area (Å²) in [6.07, 6.45) is 3.67. The Morgan fingerprint density at radius 3 is 2.74 bits per heavy atom. The van der Waals surface area contributed by atoms with E-state index in [0.29, 0.717) is 6.42 Å². The fourth-order valence-electron chi connectivity index (χ4n) is 1.53. The van der Waals surface area contributed by atoms with E-state index in [1.807, 2.05) is 29.6 Å². The van der Waals surface area contributed by atoms with Crippen molar-refractivity contribution in [2.75, 3.05) is 5.32 Å². The van der Waals surface area contributed by atoms with Crippen LogP contribution < -0.4 is 5.32 Å². The Labute approximate surface area is 115 Å². The Bertz CT molecular complexity index is 607. The molecule has 0 atom stereocenters. The van der Waals surface area contributed by atoms with E-state index in [2.05, 4.69) is 11.4 Å². The molecule has 0 fully saturated rings. The maximum absolute atomic E-state index is 11.7. The first kappa shape index (κ1) is 13.1. The lowest BCUT2D eigenvalue weighted by Gasteiger charge is -2.02. The first-order chi connectivity index (χ1) is 9.28. The normalized spacial score (nSPS) is 10.3. The van der Waals surface area contributed by atoms with Gasteiger partial charge in [0.25, 0.3) is 0 Å². The monoisotopic (exact) mass is 268 g/mol. The van der Waals surface area contributed by atoms with Crippen LogP contribution >= 0.6 is 11.3 Å². The maximum Gasteiger partial charge on any atom is 0.248 e. The minimum absolute atomic E-state index is 0.165. The molecule has 0 saturated carbocycles. The van der Waals surface area contributed by atoms with E-state index in [-0.39, 0.29) is 5.91 Å². The molecule has 3 nitrogen and oxygen atoms in total. The molecule has 0 saturated heterocycles. The molecule has 1 amide bonds. The number of carbonyl (C=O) groups excluding carboxylic acids is 1. The van der Waals surface area contributed by atoms with Crippen LogP contribution in [0.3, 0.4) is 0 Å². The topological polar surface area (TPSA) is 52.9 Å². The van der Waals surface area contributed by atoms with Crippen molar-refractivity contribution in [1.29, 1.82) is 5.26 Å². The quantitative estimate of drug-likeness (QED) is 0.863. The Morgan fingerprint density at radius 2 is 2.11 bits per heavy atom. The van der Waals surface area contributed by atoms with Gasteiger partial charge in [-0.3, -0.25) is 4.79 Å². The number of nitrogens with zero attached hydrogens (tertiary/aromatic N) is 1. The smallest absolute Gasteiger partial charge is 0.248 e. The standard InChI is InChI=1S/C15H12N2OS/c16-10-9-12-3-5-13(6-4-12)17-15(18)8-7-14-2-1-11-19-14/h1-8,11H,9H2,(H,17,18)/b8-7+. The number of hydrogen-bond donors (Lipinski definition) is 1. The van der Waals surface area contributed by atoms with Crippen molar-refractivity contribution in [3.05, 3.63) is 58.3 Å². The van der Waals surface area contributed by atoms with E-state index < -0.39 is 0 Å². The van der Waals surface area contributed by atoms with Crippen LogP contribution in [0.2, 0.25) is 0 Å². The predicted molar refractivity (Wildman–Crippen MR) is 77.7 cm³/mol. The van der Waals surface area contributed by atoms with Crippen LogP contribution in [0, 0.1) is 11.3 Å². The lowest BCUT2D eigenvalue weighted by Crippen LogP contribution is -2.07. The third kappa shape index (κ3) is 4.09. The van der Waals surface area contributed by atoms with Gasteiger partial charge in [-0.1, -0.05) is 18.2 Å². The number of rotatable bonds is 4. The summed E-state index contributed by atoms with van der Waals surface area (Å²) in [5.41, 5.74) is 1.66. The van der Waals surface area contributed by atoms with Gasteiger partial charge in [0.1, 0.15) is 0 Å². The molecule has 2 rings (SSSR count). The SMILES string of the molecule is N#CCc1ccc(NC(=O)/C=C/c2cccs2)cc1. The highest BCUT2D eigenvalue weighted by Gasteiger charge is 1.98. The van der Waals surface area contributed by atoms with Crippen molar-refractivity contribution in [3.8, 4) is 6.07 Å². The average molecular weight is 268 g/mol. The van der Waals surface area contributed by atoms with Gasteiger partial charge in [0, 0.05) is 16.6 Å². The fourth-order valence-corrected chi connectivity index (χ4v) is 2.14. The van der Waals surface area contributed by atoms with E-state index in [4.69, 9.17) is 5.26 Å². The van der Waals surface area contributed by atoms with Gasteiger partial charge < -0.3 is 5.32 Å². The minimum Gasteiger partial charge on any atom is -0.323 e. The number of hydrogen-bond acceptors (Lipinski definition) is 3. The van der Waals surface area contributed by atoms with Crippen molar-refractivity contribution in [1.82, 2.24) is 0 Å². The molecule has 0 unspecified atom stereocenters. The van der Waals surface area contributed by atoms with Crippen LogP contribution in [-0.2, 0) is 11.2 Å². The van der Waals surface area contributed by atoms with Gasteiger partial charge in [-0.15, -0.1) is 11.3 Å². The molecule has 0 aliphatic heterocycles. The Morgan fingerprint density at radius 1 is 1.32 bits per heavy atom. The van der Waals surface area contributed by atoms with Crippen LogP contribution in [0.5, 0.6) is 0 Å². The highest BCUT2D eigenvalue weighted by atomic mass is 32.1. The molecule has 1 N–H and O–H groups in total. The van der Waals surface area contributed by atoms with Gasteiger partial charge in [0.15, 0.2) is 0 Å². The summed E-state index contributed by atoms with van der Waals surface area (Å²) in [6, 6.07) is 13.2. The number of nitriles is 1. The second kappa shape index (κ2) is 6.53. The van der Waals surface area contributed by atoms with Gasteiger partial charge in [0.2, 0.25) is 5.91 Å². The van der Waals surface area contributed by atoms with E-state index >= 15 is 0 Å². The number of benzene rings is 1. The van der Waals surface area contributed by atoms with Gasteiger partial charge in [-0.2, -0.15) is 5.26 Å². The van der Waals surface area contributed by atoms with Crippen molar-refractivity contribution in [2.24, 2.45) is 0 Å². The van der Waals surface area contributed by atoms with Crippen molar-refractivity contribution < 1.29 is 4.79 Å². The first-order valence-corrected chi connectivity index (χ1v) is 6.64. The molecule has 0 bridgehead atoms. The molecule has 0 aliphatic carbocycles. The summed E-state index contributed by atoms with van der Waals surface area (Å²) in [4.78, 5) is 12.7. The maximum atomic E-state index is 11.7. The molecule has 0 radical (unpaired) electrons. The summed E-state index contributed by atoms with van der Waals surface area (Å²) < 4.78 is 0. The third-order valence-electron chi connectivity index (χ3n) is 2.45. The number of thiophene rings is 1. The molecule has 19 heavy (non-hydrogen) atoms. The lowest BCUT2D eigenvalue weighted by atomic mass is 10.1. The van der Waals surface area contributed by atoms with Crippen LogP contribution in [-0.4, -0.2) is 5.91 Å². The van der Waals surface area contributed by atoms with E-state index in [9.17, 15) is 4.79 Å². The molecule has 0 aliphatic rings. The van der Waals surface area contributed by atoms with Gasteiger partial charge >= 0.3 is 0 Å². The lowest BCUT2D eigenvalue weighted by molar-refractivity contribution is -0.111. The van der Waals surface area contributed by atoms with Gasteiger partial charge in [-0.25, -0.2) is 0 Å². The molecule has 2 aromatic rings. The van der Waals surface area contributed by atoms with Crippen LogP contribution in [0.25, 0.3) is 6.08 Å².